The molecule has 98 valence electrons. The Bertz CT molecular complexity index is 463. The van der Waals surface area contributed by atoms with Crippen LogP contribution in [0, 0.1) is 6.92 Å². The van der Waals surface area contributed by atoms with E-state index in [1.165, 1.54) is 4.90 Å². The fourth-order valence-electron chi connectivity index (χ4n) is 2.30. The molecule has 18 heavy (non-hydrogen) atoms. The van der Waals surface area contributed by atoms with E-state index in [0.29, 0.717) is 17.8 Å². The Morgan fingerprint density at radius 3 is 2.67 bits per heavy atom. The van der Waals surface area contributed by atoms with Crippen LogP contribution < -0.4 is 4.90 Å². The number of aryl methyl sites for hydroxylation is 2. The van der Waals surface area contributed by atoms with Crippen LogP contribution in [-0.4, -0.2) is 12.7 Å². The predicted molar refractivity (Wildman–Crippen MR) is 66.7 cm³/mol. The Morgan fingerprint density at radius 2 is 2.00 bits per heavy atom. The van der Waals surface area contributed by atoms with E-state index in [0.717, 1.165) is 24.0 Å². The van der Waals surface area contributed by atoms with Gasteiger partial charge in [0.1, 0.15) is 6.54 Å². The van der Waals surface area contributed by atoms with Crippen molar-refractivity contribution in [2.24, 2.45) is 0 Å². The smallest absolute Gasteiger partial charge is 0.336 e. The Labute approximate surface area is 105 Å². The van der Waals surface area contributed by atoms with Gasteiger partial charge < -0.3 is 4.90 Å². The predicted octanol–water partition coefficient (Wildman–Crippen LogP) is 4.21. The molecule has 1 aromatic carbocycles. The number of anilines is 1. The largest absolute Gasteiger partial charge is 0.406 e. The van der Waals surface area contributed by atoms with Gasteiger partial charge in [-0.2, -0.15) is 13.2 Å². The molecule has 0 spiro atoms. The molecule has 0 aliphatic carbocycles. The van der Waals surface area contributed by atoms with Crippen LogP contribution in [0.4, 0.5) is 18.9 Å². The third-order valence-electron chi connectivity index (χ3n) is 3.16. The molecule has 1 heterocycles. The Balaban J connectivity index is 2.43. The Hall–Kier alpha value is -1.45. The van der Waals surface area contributed by atoms with E-state index >= 15 is 0 Å². The van der Waals surface area contributed by atoms with Gasteiger partial charge in [0, 0.05) is 11.4 Å². The highest BCUT2D eigenvalue weighted by Crippen LogP contribution is 2.34. The van der Waals surface area contributed by atoms with Gasteiger partial charge >= 0.3 is 6.18 Å². The van der Waals surface area contributed by atoms with Crippen molar-refractivity contribution in [2.45, 2.75) is 32.4 Å². The van der Waals surface area contributed by atoms with Gasteiger partial charge in [0.05, 0.1) is 0 Å². The van der Waals surface area contributed by atoms with Gasteiger partial charge in [-0.3, -0.25) is 0 Å². The lowest BCUT2D eigenvalue weighted by molar-refractivity contribution is -0.118. The molecule has 0 fully saturated rings. The van der Waals surface area contributed by atoms with E-state index in [2.05, 4.69) is 6.58 Å². The molecule has 1 nitrogen and oxygen atoms in total. The number of allylic oxidation sites excluding steroid dienone is 1. The molecule has 0 radical (unpaired) electrons. The van der Waals surface area contributed by atoms with Gasteiger partial charge in [-0.1, -0.05) is 18.7 Å². The number of benzene rings is 1. The highest BCUT2D eigenvalue weighted by atomic mass is 19.4. The molecule has 4 heteroatoms. The van der Waals surface area contributed by atoms with Gasteiger partial charge in [0.2, 0.25) is 0 Å². The zero-order valence-corrected chi connectivity index (χ0v) is 10.3. The SMILES string of the molecule is C=C1CCCc2ccc(C)cc2N1CC(F)(F)F. The molecule has 0 saturated carbocycles. The molecule has 0 bridgehead atoms. The second-order valence-electron chi connectivity index (χ2n) is 4.75. The summed E-state index contributed by atoms with van der Waals surface area (Å²) in [6.45, 7) is 4.73. The minimum Gasteiger partial charge on any atom is -0.336 e. The highest BCUT2D eigenvalue weighted by Gasteiger charge is 2.33. The van der Waals surface area contributed by atoms with E-state index in [1.807, 2.05) is 25.1 Å². The molecule has 2 rings (SSSR count). The van der Waals surface area contributed by atoms with Crippen molar-refractivity contribution in [3.05, 3.63) is 41.6 Å². The van der Waals surface area contributed by atoms with Crippen LogP contribution in [0.25, 0.3) is 0 Å². The van der Waals surface area contributed by atoms with E-state index in [9.17, 15) is 13.2 Å². The summed E-state index contributed by atoms with van der Waals surface area (Å²) in [5.74, 6) is 0. The fraction of sp³-hybridized carbons (Fsp3) is 0.429. The zero-order chi connectivity index (χ0) is 13.3. The molecular formula is C14H16F3N. The van der Waals surface area contributed by atoms with Crippen LogP contribution in [0.1, 0.15) is 24.0 Å². The summed E-state index contributed by atoms with van der Waals surface area (Å²) in [5, 5.41) is 0. The van der Waals surface area contributed by atoms with E-state index in [-0.39, 0.29) is 0 Å². The van der Waals surface area contributed by atoms with E-state index in [4.69, 9.17) is 0 Å². The number of rotatable bonds is 1. The first-order valence-electron chi connectivity index (χ1n) is 5.98. The second kappa shape index (κ2) is 4.67. The monoisotopic (exact) mass is 255 g/mol. The van der Waals surface area contributed by atoms with Crippen LogP contribution >= 0.6 is 0 Å². The van der Waals surface area contributed by atoms with Crippen molar-refractivity contribution in [3.8, 4) is 0 Å². The first-order valence-corrected chi connectivity index (χ1v) is 5.98. The average molecular weight is 255 g/mol. The van der Waals surface area contributed by atoms with Crippen molar-refractivity contribution >= 4 is 5.69 Å². The van der Waals surface area contributed by atoms with E-state index < -0.39 is 12.7 Å². The molecule has 1 aliphatic rings. The molecule has 0 N–H and O–H groups in total. The summed E-state index contributed by atoms with van der Waals surface area (Å²) >= 11 is 0. The minimum absolute atomic E-state index is 0.552. The summed E-state index contributed by atoms with van der Waals surface area (Å²) in [5.41, 5.74) is 3.16. The normalized spacial score (nSPS) is 16.4. The summed E-state index contributed by atoms with van der Waals surface area (Å²) in [7, 11) is 0. The third-order valence-corrected chi connectivity index (χ3v) is 3.16. The summed E-state index contributed by atoms with van der Waals surface area (Å²) in [6, 6.07) is 5.68. The number of alkyl halides is 3. The molecule has 0 amide bonds. The maximum absolute atomic E-state index is 12.7. The first kappa shape index (κ1) is 13.0. The minimum atomic E-state index is -4.21. The van der Waals surface area contributed by atoms with Crippen molar-refractivity contribution in [2.75, 3.05) is 11.4 Å². The summed E-state index contributed by atoms with van der Waals surface area (Å²) < 4.78 is 38.0. The molecule has 1 aromatic rings. The van der Waals surface area contributed by atoms with Crippen molar-refractivity contribution in [3.63, 3.8) is 0 Å². The summed E-state index contributed by atoms with van der Waals surface area (Å²) in [4.78, 5) is 1.31. The van der Waals surface area contributed by atoms with Crippen LogP contribution in [0.2, 0.25) is 0 Å². The lowest BCUT2D eigenvalue weighted by Crippen LogP contribution is -2.33. The molecule has 1 aliphatic heterocycles. The third kappa shape index (κ3) is 2.86. The molecule has 0 saturated heterocycles. The zero-order valence-electron chi connectivity index (χ0n) is 10.3. The lowest BCUT2D eigenvalue weighted by atomic mass is 10.1. The average Bonchev–Trinajstić information content (AvgIpc) is 2.39. The molecule has 0 atom stereocenters. The number of halogens is 3. The number of fused-ring (bicyclic) bond motifs is 1. The van der Waals surface area contributed by atoms with Gasteiger partial charge in [0.25, 0.3) is 0 Å². The van der Waals surface area contributed by atoms with Gasteiger partial charge in [-0.15, -0.1) is 0 Å². The Morgan fingerprint density at radius 1 is 1.28 bits per heavy atom. The number of hydrogen-bond acceptors (Lipinski definition) is 1. The van der Waals surface area contributed by atoms with Crippen molar-refractivity contribution < 1.29 is 13.2 Å². The quantitative estimate of drug-likeness (QED) is 0.726. The number of hydrogen-bond donors (Lipinski definition) is 0. The second-order valence-corrected chi connectivity index (χ2v) is 4.75. The van der Waals surface area contributed by atoms with Crippen molar-refractivity contribution in [1.29, 1.82) is 0 Å². The van der Waals surface area contributed by atoms with E-state index in [1.54, 1.807) is 0 Å². The van der Waals surface area contributed by atoms with Crippen molar-refractivity contribution in [1.82, 2.24) is 0 Å². The lowest BCUT2D eigenvalue weighted by Gasteiger charge is -2.28. The van der Waals surface area contributed by atoms with Gasteiger partial charge in [-0.05, 0) is 43.4 Å². The maximum Gasteiger partial charge on any atom is 0.406 e. The topological polar surface area (TPSA) is 3.24 Å². The van der Waals surface area contributed by atoms with Gasteiger partial charge in [0.15, 0.2) is 0 Å². The maximum atomic E-state index is 12.7. The van der Waals surface area contributed by atoms with Crippen LogP contribution in [0.5, 0.6) is 0 Å². The first-order chi connectivity index (χ1) is 8.37. The molecule has 0 aromatic heterocycles. The van der Waals surface area contributed by atoms with Crippen LogP contribution in [-0.2, 0) is 6.42 Å². The van der Waals surface area contributed by atoms with Crippen LogP contribution in [0.3, 0.4) is 0 Å². The number of nitrogens with zero attached hydrogens (tertiary/aromatic N) is 1. The standard InChI is InChI=1S/C14H16F3N/c1-10-6-7-12-5-3-4-11(2)18(13(12)8-10)9-14(15,16)17/h6-8H,2-5,9H2,1H3. The van der Waals surface area contributed by atoms with Crippen LogP contribution in [0.15, 0.2) is 30.5 Å². The highest BCUT2D eigenvalue weighted by molar-refractivity contribution is 5.60. The fourth-order valence-corrected chi connectivity index (χ4v) is 2.30. The van der Waals surface area contributed by atoms with Gasteiger partial charge in [-0.25, -0.2) is 0 Å². The Kier molecular flexibility index (Phi) is 3.37. The summed E-state index contributed by atoms with van der Waals surface area (Å²) in [6.07, 6.45) is -1.94. The molecular weight excluding hydrogens is 239 g/mol. The molecule has 0 unspecified atom stereocenters.